The van der Waals surface area contributed by atoms with Gasteiger partial charge in [-0.15, -0.1) is 0 Å². The van der Waals surface area contributed by atoms with E-state index in [1.165, 1.54) is 0 Å². The Kier molecular flexibility index (Phi) is 4.54. The topological polar surface area (TPSA) is 57.0 Å². The maximum Gasteiger partial charge on any atom is 0.172 e. The zero-order chi connectivity index (χ0) is 14.7. The highest BCUT2D eigenvalue weighted by molar-refractivity contribution is 9.10. The Labute approximate surface area is 126 Å². The highest BCUT2D eigenvalue weighted by Crippen LogP contribution is 2.24. The summed E-state index contributed by atoms with van der Waals surface area (Å²) >= 11 is 3.53. The molecule has 2 rings (SSSR count). The zero-order valence-electron chi connectivity index (χ0n) is 11.7. The molecule has 2 heterocycles. The van der Waals surface area contributed by atoms with Crippen LogP contribution in [-0.4, -0.2) is 21.1 Å². The summed E-state index contributed by atoms with van der Waals surface area (Å²) in [5.41, 5.74) is 3.02. The Bertz CT molecular complexity index is 638. The second-order valence-electron chi connectivity index (χ2n) is 4.43. The number of aryl methyl sites for hydroxylation is 3. The molecule has 106 valence electrons. The predicted octanol–water partition coefficient (Wildman–Crippen LogP) is 2.84. The normalized spacial score (nSPS) is 10.6. The molecule has 0 fully saturated rings. The Morgan fingerprint density at radius 3 is 2.80 bits per heavy atom. The van der Waals surface area contributed by atoms with Crippen LogP contribution in [0.25, 0.3) is 0 Å². The molecular formula is C14H16BrN3O2. The van der Waals surface area contributed by atoms with Crippen LogP contribution in [0.5, 0.6) is 5.75 Å². The third-order valence-electron chi connectivity index (χ3n) is 3.00. The third-order valence-corrected chi connectivity index (χ3v) is 3.92. The van der Waals surface area contributed by atoms with Crippen LogP contribution in [0.3, 0.4) is 0 Å². The summed E-state index contributed by atoms with van der Waals surface area (Å²) in [7, 11) is 1.87. The summed E-state index contributed by atoms with van der Waals surface area (Å²) in [5.74, 6) is 0.483. The summed E-state index contributed by atoms with van der Waals surface area (Å²) in [4.78, 5) is 15.1. The molecule has 20 heavy (non-hydrogen) atoms. The lowest BCUT2D eigenvalue weighted by atomic mass is 10.3. The fraction of sp³-hybridized carbons (Fsp3) is 0.357. The van der Waals surface area contributed by atoms with Crippen LogP contribution in [0, 0.1) is 6.92 Å². The van der Waals surface area contributed by atoms with Crippen molar-refractivity contribution in [2.24, 2.45) is 7.05 Å². The van der Waals surface area contributed by atoms with E-state index in [1.54, 1.807) is 10.7 Å². The first-order chi connectivity index (χ1) is 9.56. The van der Waals surface area contributed by atoms with Gasteiger partial charge in [-0.25, -0.2) is 4.98 Å². The number of halogens is 1. The summed E-state index contributed by atoms with van der Waals surface area (Å²) in [5, 5.41) is 4.40. The van der Waals surface area contributed by atoms with Gasteiger partial charge in [0.15, 0.2) is 6.29 Å². The summed E-state index contributed by atoms with van der Waals surface area (Å²) in [6.45, 7) is 4.21. The van der Waals surface area contributed by atoms with Gasteiger partial charge in [0, 0.05) is 12.7 Å². The number of carbonyl (C=O) groups excluding carboxylic acids is 1. The number of aldehydes is 1. The number of hydrogen-bond donors (Lipinski definition) is 0. The van der Waals surface area contributed by atoms with Crippen molar-refractivity contribution in [3.05, 3.63) is 39.4 Å². The first-order valence-corrected chi connectivity index (χ1v) is 7.12. The highest BCUT2D eigenvalue weighted by atomic mass is 79.9. The van der Waals surface area contributed by atoms with E-state index in [4.69, 9.17) is 4.74 Å². The SMILES string of the molecule is CCc1nn(C)c(COc2ccc(C)nc2C=O)c1Br. The molecule has 0 aliphatic heterocycles. The minimum absolute atomic E-state index is 0.319. The predicted molar refractivity (Wildman–Crippen MR) is 79.0 cm³/mol. The lowest BCUT2D eigenvalue weighted by Crippen LogP contribution is -2.05. The van der Waals surface area contributed by atoms with Crippen LogP contribution in [0.4, 0.5) is 0 Å². The second kappa shape index (κ2) is 6.17. The Morgan fingerprint density at radius 1 is 1.45 bits per heavy atom. The largest absolute Gasteiger partial charge is 0.485 e. The highest BCUT2D eigenvalue weighted by Gasteiger charge is 2.14. The Balaban J connectivity index is 2.21. The van der Waals surface area contributed by atoms with Gasteiger partial charge in [0.2, 0.25) is 0 Å². The van der Waals surface area contributed by atoms with Crippen molar-refractivity contribution in [3.63, 3.8) is 0 Å². The van der Waals surface area contributed by atoms with Gasteiger partial charge in [-0.3, -0.25) is 9.48 Å². The van der Waals surface area contributed by atoms with E-state index in [2.05, 4.69) is 26.0 Å². The molecular weight excluding hydrogens is 322 g/mol. The maximum atomic E-state index is 11.0. The number of carbonyl (C=O) groups is 1. The van der Waals surface area contributed by atoms with Gasteiger partial charge in [0.05, 0.1) is 15.9 Å². The third kappa shape index (κ3) is 2.90. The van der Waals surface area contributed by atoms with Crippen molar-refractivity contribution in [2.45, 2.75) is 26.9 Å². The minimum atomic E-state index is 0.319. The lowest BCUT2D eigenvalue weighted by Gasteiger charge is -2.09. The fourth-order valence-electron chi connectivity index (χ4n) is 1.89. The van der Waals surface area contributed by atoms with Crippen molar-refractivity contribution < 1.29 is 9.53 Å². The van der Waals surface area contributed by atoms with Crippen LogP contribution in [0.2, 0.25) is 0 Å². The van der Waals surface area contributed by atoms with E-state index < -0.39 is 0 Å². The number of nitrogens with zero attached hydrogens (tertiary/aromatic N) is 3. The molecule has 2 aromatic heterocycles. The number of ether oxygens (including phenoxy) is 1. The first-order valence-electron chi connectivity index (χ1n) is 6.32. The molecule has 0 spiro atoms. The molecule has 0 amide bonds. The lowest BCUT2D eigenvalue weighted by molar-refractivity contribution is 0.111. The molecule has 0 aliphatic carbocycles. The van der Waals surface area contributed by atoms with Crippen molar-refractivity contribution in [1.29, 1.82) is 0 Å². The van der Waals surface area contributed by atoms with E-state index >= 15 is 0 Å². The summed E-state index contributed by atoms with van der Waals surface area (Å²) in [6, 6.07) is 3.58. The smallest absolute Gasteiger partial charge is 0.172 e. The van der Waals surface area contributed by atoms with Crippen LogP contribution in [0.15, 0.2) is 16.6 Å². The van der Waals surface area contributed by atoms with Gasteiger partial charge in [-0.2, -0.15) is 5.10 Å². The summed E-state index contributed by atoms with van der Waals surface area (Å²) in [6.07, 6.45) is 1.55. The molecule has 0 aromatic carbocycles. The van der Waals surface area contributed by atoms with Crippen LogP contribution in [0.1, 0.15) is 34.5 Å². The standard InChI is InChI=1S/C14H16BrN3O2/c1-4-10-14(15)12(18(3)17-10)8-20-13-6-5-9(2)16-11(13)7-19/h5-7H,4,8H2,1-3H3. The molecule has 0 bridgehead atoms. The zero-order valence-corrected chi connectivity index (χ0v) is 13.3. The Hall–Kier alpha value is -1.69. The fourth-order valence-corrected chi connectivity index (χ4v) is 2.62. The van der Waals surface area contributed by atoms with E-state index in [9.17, 15) is 4.79 Å². The van der Waals surface area contributed by atoms with Crippen LogP contribution >= 0.6 is 15.9 Å². The van der Waals surface area contributed by atoms with E-state index in [1.807, 2.05) is 27.0 Å². The molecule has 0 aliphatic rings. The molecule has 0 N–H and O–H groups in total. The molecule has 6 heteroatoms. The maximum absolute atomic E-state index is 11.0. The van der Waals surface area contributed by atoms with Crippen LogP contribution in [-0.2, 0) is 20.1 Å². The first kappa shape index (κ1) is 14.7. The Morgan fingerprint density at radius 2 is 2.20 bits per heavy atom. The van der Waals surface area contributed by atoms with Gasteiger partial charge in [-0.1, -0.05) is 6.92 Å². The average molecular weight is 338 g/mol. The molecule has 0 atom stereocenters. The summed E-state index contributed by atoms with van der Waals surface area (Å²) < 4.78 is 8.44. The molecule has 5 nitrogen and oxygen atoms in total. The van der Waals surface area contributed by atoms with Crippen molar-refractivity contribution in [1.82, 2.24) is 14.8 Å². The van der Waals surface area contributed by atoms with Crippen molar-refractivity contribution in [2.75, 3.05) is 0 Å². The van der Waals surface area contributed by atoms with Crippen molar-refractivity contribution >= 4 is 22.2 Å². The van der Waals surface area contributed by atoms with Gasteiger partial charge in [-0.05, 0) is 41.4 Å². The number of hydrogen-bond acceptors (Lipinski definition) is 4. The number of rotatable bonds is 5. The van der Waals surface area contributed by atoms with E-state index in [-0.39, 0.29) is 0 Å². The average Bonchev–Trinajstić information content (AvgIpc) is 2.72. The molecule has 0 unspecified atom stereocenters. The second-order valence-corrected chi connectivity index (χ2v) is 5.22. The molecule has 0 saturated heterocycles. The minimum Gasteiger partial charge on any atom is -0.485 e. The van der Waals surface area contributed by atoms with E-state index in [0.717, 1.165) is 28.0 Å². The van der Waals surface area contributed by atoms with Crippen molar-refractivity contribution in [3.8, 4) is 5.75 Å². The molecule has 2 aromatic rings. The van der Waals surface area contributed by atoms with Crippen LogP contribution < -0.4 is 4.74 Å². The van der Waals surface area contributed by atoms with E-state index in [0.29, 0.717) is 24.3 Å². The number of pyridine rings is 1. The van der Waals surface area contributed by atoms with Gasteiger partial charge < -0.3 is 4.74 Å². The van der Waals surface area contributed by atoms with Gasteiger partial charge in [0.1, 0.15) is 18.1 Å². The molecule has 0 saturated carbocycles. The monoisotopic (exact) mass is 337 g/mol. The van der Waals surface area contributed by atoms with Gasteiger partial charge >= 0.3 is 0 Å². The molecule has 0 radical (unpaired) electrons. The quantitative estimate of drug-likeness (QED) is 0.787. The van der Waals surface area contributed by atoms with Gasteiger partial charge in [0.25, 0.3) is 0 Å². The number of aromatic nitrogens is 3.